The summed E-state index contributed by atoms with van der Waals surface area (Å²) in [5.74, 6) is 0. The van der Waals surface area contributed by atoms with E-state index < -0.39 is 6.09 Å². The molecule has 4 nitrogen and oxygen atoms in total. The van der Waals surface area contributed by atoms with E-state index in [1.165, 1.54) is 19.1 Å². The first-order chi connectivity index (χ1) is 11.6. The van der Waals surface area contributed by atoms with Crippen LogP contribution in [0.15, 0.2) is 40.4 Å². The van der Waals surface area contributed by atoms with Crippen LogP contribution in [0, 0.1) is 0 Å². The lowest BCUT2D eigenvalue weighted by atomic mass is 10.3. The van der Waals surface area contributed by atoms with Crippen molar-refractivity contribution in [3.8, 4) is 0 Å². The van der Waals surface area contributed by atoms with Crippen molar-refractivity contribution < 1.29 is 9.53 Å². The summed E-state index contributed by atoms with van der Waals surface area (Å²) < 4.78 is 4.77. The van der Waals surface area contributed by atoms with Crippen LogP contribution in [0.3, 0.4) is 0 Å². The summed E-state index contributed by atoms with van der Waals surface area (Å²) >= 11 is 1.63. The van der Waals surface area contributed by atoms with Gasteiger partial charge in [0.05, 0.1) is 6.61 Å². The van der Waals surface area contributed by atoms with Crippen molar-refractivity contribution in [2.24, 2.45) is 10.7 Å². The highest BCUT2D eigenvalue weighted by atomic mass is 32.1. The summed E-state index contributed by atoms with van der Waals surface area (Å²) in [6.07, 6.45) is 9.38. The number of amides is 1. The topological polar surface area (TPSA) is 64.7 Å². The third-order valence-electron chi connectivity index (χ3n) is 2.36. The molecule has 2 N–H and O–H groups in total. The molecule has 0 aliphatic rings. The van der Waals surface area contributed by atoms with Gasteiger partial charge in [-0.05, 0) is 36.1 Å². The van der Waals surface area contributed by atoms with Crippen LogP contribution >= 0.6 is 11.3 Å². The van der Waals surface area contributed by atoms with Gasteiger partial charge in [0.2, 0.25) is 0 Å². The number of carbonyl (C=O) groups is 1. The van der Waals surface area contributed by atoms with Crippen molar-refractivity contribution in [1.82, 2.24) is 0 Å². The first-order valence-electron chi connectivity index (χ1n) is 8.52. The van der Waals surface area contributed by atoms with Crippen LogP contribution in [0.1, 0.15) is 58.8 Å². The van der Waals surface area contributed by atoms with E-state index in [4.69, 9.17) is 10.5 Å². The summed E-state index contributed by atoms with van der Waals surface area (Å²) in [7, 11) is 0. The van der Waals surface area contributed by atoms with Crippen molar-refractivity contribution in [2.75, 3.05) is 6.61 Å². The van der Waals surface area contributed by atoms with Gasteiger partial charge in [-0.3, -0.25) is 0 Å². The number of carbonyl (C=O) groups excluding carboxylic acids is 1. The van der Waals surface area contributed by atoms with Crippen LogP contribution in [0.4, 0.5) is 4.79 Å². The molecule has 0 spiro atoms. The van der Waals surface area contributed by atoms with Crippen molar-refractivity contribution in [3.63, 3.8) is 0 Å². The molecule has 136 valence electrons. The molecule has 5 heteroatoms. The summed E-state index contributed by atoms with van der Waals surface area (Å²) in [5.41, 5.74) is 6.24. The van der Waals surface area contributed by atoms with Gasteiger partial charge in [0.1, 0.15) is 0 Å². The third-order valence-corrected chi connectivity index (χ3v) is 3.20. The van der Waals surface area contributed by atoms with Gasteiger partial charge in [-0.2, -0.15) is 4.99 Å². The number of aliphatic imine (C=N–C) groups is 1. The minimum atomic E-state index is -0.594. The minimum absolute atomic E-state index is 0.383. The zero-order chi connectivity index (χ0) is 18.6. The molecule has 0 aliphatic carbocycles. The monoisotopic (exact) mass is 352 g/mol. The molecular weight excluding hydrogens is 320 g/mol. The van der Waals surface area contributed by atoms with Crippen molar-refractivity contribution in [1.29, 1.82) is 0 Å². The standard InChI is InChI=1S/C13H16N2O2S.C4H10.C2H6/c1-2-9-17-13(16)15-8-7-11(14)5-6-12-4-3-10-18-12;1-3-4-2;1-2/h3-8,10H,2,9,14H2,1H3;3-4H2,1-2H3;1-2H3/b6-5+,11-7-,15-8+;;. The molecule has 1 rings (SSSR count). The molecule has 0 radical (unpaired) electrons. The summed E-state index contributed by atoms with van der Waals surface area (Å²) in [4.78, 5) is 15.7. The molecule has 0 saturated heterocycles. The zero-order valence-electron chi connectivity index (χ0n) is 15.6. The van der Waals surface area contributed by atoms with E-state index in [1.807, 2.05) is 44.4 Å². The lowest BCUT2D eigenvalue weighted by molar-refractivity contribution is 0.157. The molecule has 0 saturated carbocycles. The maximum absolute atomic E-state index is 11.0. The normalized spacial score (nSPS) is 10.8. The maximum Gasteiger partial charge on any atom is 0.433 e. The molecule has 0 bridgehead atoms. The average Bonchev–Trinajstić information content (AvgIpc) is 3.13. The van der Waals surface area contributed by atoms with E-state index in [-0.39, 0.29) is 0 Å². The lowest BCUT2D eigenvalue weighted by Gasteiger charge is -1.95. The van der Waals surface area contributed by atoms with Gasteiger partial charge in [-0.15, -0.1) is 11.3 Å². The number of nitrogens with zero attached hydrogens (tertiary/aromatic N) is 1. The fourth-order valence-electron chi connectivity index (χ4n) is 1.03. The fourth-order valence-corrected chi connectivity index (χ4v) is 1.65. The summed E-state index contributed by atoms with van der Waals surface area (Å²) in [5, 5.41) is 1.99. The summed E-state index contributed by atoms with van der Waals surface area (Å²) in [6.45, 7) is 10.7. The second-order valence-corrected chi connectivity index (χ2v) is 5.39. The minimum Gasteiger partial charge on any atom is -0.448 e. The van der Waals surface area contributed by atoms with Gasteiger partial charge in [0, 0.05) is 16.8 Å². The maximum atomic E-state index is 11.0. The molecule has 1 aromatic heterocycles. The molecule has 0 aliphatic heterocycles. The van der Waals surface area contributed by atoms with Crippen LogP contribution < -0.4 is 5.73 Å². The number of rotatable bonds is 6. The molecule has 1 heterocycles. The van der Waals surface area contributed by atoms with Crippen LogP contribution in [0.25, 0.3) is 6.08 Å². The van der Waals surface area contributed by atoms with Crippen LogP contribution in [0.2, 0.25) is 0 Å². The van der Waals surface area contributed by atoms with E-state index in [0.29, 0.717) is 12.3 Å². The van der Waals surface area contributed by atoms with E-state index in [9.17, 15) is 4.79 Å². The Hall–Kier alpha value is -1.88. The molecule has 0 atom stereocenters. The second-order valence-electron chi connectivity index (χ2n) is 4.41. The molecule has 1 amide bonds. The Morgan fingerprint density at radius 2 is 1.92 bits per heavy atom. The number of hydrogen-bond acceptors (Lipinski definition) is 4. The smallest absolute Gasteiger partial charge is 0.433 e. The van der Waals surface area contributed by atoms with Gasteiger partial charge in [-0.25, -0.2) is 4.79 Å². The quantitative estimate of drug-likeness (QED) is 0.500. The van der Waals surface area contributed by atoms with E-state index in [1.54, 1.807) is 23.5 Å². The van der Waals surface area contributed by atoms with Gasteiger partial charge >= 0.3 is 6.09 Å². The number of allylic oxidation sites excluding steroid dienone is 2. The van der Waals surface area contributed by atoms with Gasteiger partial charge in [0.15, 0.2) is 0 Å². The van der Waals surface area contributed by atoms with Crippen LogP contribution in [-0.2, 0) is 4.74 Å². The van der Waals surface area contributed by atoms with Crippen molar-refractivity contribution in [3.05, 3.63) is 40.2 Å². The van der Waals surface area contributed by atoms with Gasteiger partial charge < -0.3 is 10.5 Å². The van der Waals surface area contributed by atoms with E-state index >= 15 is 0 Å². The number of nitrogens with two attached hydrogens (primary N) is 1. The number of thiophene rings is 1. The van der Waals surface area contributed by atoms with Gasteiger partial charge in [-0.1, -0.05) is 53.5 Å². The predicted molar refractivity (Wildman–Crippen MR) is 108 cm³/mol. The number of unbranched alkanes of at least 4 members (excludes halogenated alkanes) is 1. The zero-order valence-corrected chi connectivity index (χ0v) is 16.4. The Morgan fingerprint density at radius 3 is 2.42 bits per heavy atom. The largest absolute Gasteiger partial charge is 0.448 e. The molecule has 0 aromatic carbocycles. The predicted octanol–water partition coefficient (Wildman–Crippen LogP) is 6.05. The molecular formula is C19H32N2O2S. The second kappa shape index (κ2) is 19.2. The SMILES string of the molecule is CC.CCCC.CCCOC(=O)/N=C/C=C(N)/C=C/c1cccs1. The Labute approximate surface area is 151 Å². The van der Waals surface area contributed by atoms with Crippen molar-refractivity contribution in [2.45, 2.75) is 53.9 Å². The Morgan fingerprint density at radius 1 is 1.25 bits per heavy atom. The Balaban J connectivity index is 0. The highest BCUT2D eigenvalue weighted by Gasteiger charge is 1.94. The number of hydrogen-bond donors (Lipinski definition) is 1. The Kier molecular flexibility index (Phi) is 19.5. The Bertz CT molecular complexity index is 476. The van der Waals surface area contributed by atoms with E-state index in [0.717, 1.165) is 11.3 Å². The first kappa shape index (κ1) is 24.4. The molecule has 0 fully saturated rings. The molecule has 1 aromatic rings. The lowest BCUT2D eigenvalue weighted by Crippen LogP contribution is -2.00. The van der Waals surface area contributed by atoms with Gasteiger partial charge in [0.25, 0.3) is 0 Å². The average molecular weight is 353 g/mol. The van der Waals surface area contributed by atoms with Crippen LogP contribution in [0.5, 0.6) is 0 Å². The highest BCUT2D eigenvalue weighted by molar-refractivity contribution is 7.10. The van der Waals surface area contributed by atoms with Crippen LogP contribution in [-0.4, -0.2) is 18.9 Å². The first-order valence-corrected chi connectivity index (χ1v) is 9.40. The molecule has 24 heavy (non-hydrogen) atoms. The third kappa shape index (κ3) is 16.5. The summed E-state index contributed by atoms with van der Waals surface area (Å²) in [6, 6.07) is 3.96. The highest BCUT2D eigenvalue weighted by Crippen LogP contribution is 2.10. The molecule has 0 unspecified atom stereocenters. The van der Waals surface area contributed by atoms with E-state index in [2.05, 4.69) is 18.8 Å². The number of ether oxygens (including phenoxy) is 1. The van der Waals surface area contributed by atoms with Crippen molar-refractivity contribution >= 4 is 29.7 Å². The fraction of sp³-hybridized carbons (Fsp3) is 0.474.